The Kier molecular flexibility index (Phi) is 4.90. The maximum Gasteiger partial charge on any atom is 0.343 e. The van der Waals surface area contributed by atoms with Crippen LogP contribution >= 0.6 is 0 Å². The Hall–Kier alpha value is -4.21. The van der Waals surface area contributed by atoms with Crippen LogP contribution in [0, 0.1) is 0 Å². The van der Waals surface area contributed by atoms with Gasteiger partial charge in [0.25, 0.3) is 5.56 Å². The molecule has 1 aliphatic rings. The Labute approximate surface area is 175 Å². The highest BCUT2D eigenvalue weighted by Crippen LogP contribution is 2.45. The molecule has 10 nitrogen and oxygen atoms in total. The number of methoxy groups -OCH3 is 3. The molecular weight excluding hydrogens is 408 g/mol. The molecule has 1 unspecified atom stereocenters. The minimum absolute atomic E-state index is 0.0767. The topological polar surface area (TPSA) is 129 Å². The van der Waals surface area contributed by atoms with Crippen LogP contribution in [0.4, 0.5) is 0 Å². The summed E-state index contributed by atoms with van der Waals surface area (Å²) in [5.74, 6) is -0.413. The number of nitrogens with zero attached hydrogens (tertiary/aromatic N) is 1. The molecule has 1 atom stereocenters. The smallest absolute Gasteiger partial charge is 0.343 e. The molecule has 0 fully saturated rings. The van der Waals surface area contributed by atoms with Gasteiger partial charge in [0.15, 0.2) is 17.6 Å². The molecule has 0 bridgehead atoms. The summed E-state index contributed by atoms with van der Waals surface area (Å²) >= 11 is 0. The van der Waals surface area contributed by atoms with Crippen LogP contribution in [0.15, 0.2) is 46.0 Å². The summed E-state index contributed by atoms with van der Waals surface area (Å²) < 4.78 is 21.9. The first-order valence-electron chi connectivity index (χ1n) is 9.09. The number of aromatic nitrogens is 2. The normalized spacial score (nSPS) is 14.7. The second kappa shape index (κ2) is 7.56. The van der Waals surface area contributed by atoms with Gasteiger partial charge in [-0.25, -0.2) is 14.2 Å². The lowest BCUT2D eigenvalue weighted by molar-refractivity contribution is 0.0447. The Morgan fingerprint density at radius 3 is 2.29 bits per heavy atom. The molecule has 0 saturated heterocycles. The number of fused-ring (bicyclic) bond motifs is 1. The predicted molar refractivity (Wildman–Crippen MR) is 108 cm³/mol. The van der Waals surface area contributed by atoms with Gasteiger partial charge < -0.3 is 24.1 Å². The molecule has 2 aromatic carbocycles. The average molecular weight is 426 g/mol. The third kappa shape index (κ3) is 3.08. The molecule has 1 aliphatic heterocycles. The van der Waals surface area contributed by atoms with E-state index in [1.54, 1.807) is 18.2 Å². The molecule has 3 aromatic rings. The van der Waals surface area contributed by atoms with Crippen LogP contribution in [0.2, 0.25) is 0 Å². The second-order valence-electron chi connectivity index (χ2n) is 6.58. The van der Waals surface area contributed by atoms with E-state index >= 15 is 0 Å². The van der Waals surface area contributed by atoms with Gasteiger partial charge in [0, 0.05) is 5.56 Å². The Morgan fingerprint density at radius 2 is 1.68 bits per heavy atom. The van der Waals surface area contributed by atoms with Gasteiger partial charge in [-0.1, -0.05) is 6.07 Å². The van der Waals surface area contributed by atoms with Crippen molar-refractivity contribution < 1.29 is 28.8 Å². The van der Waals surface area contributed by atoms with Crippen molar-refractivity contribution in [2.75, 3.05) is 21.3 Å². The number of rotatable bonds is 5. The standard InChI is InChI=1S/C21H18N2O8/c1-28-11-6-4-10(5-7-11)23-19(25)15(18(24)22-21(23)27)16-12-8-9-13(29-2)17(30-3)14(12)20(26)31-16/h4-9,16,25H,1-3H3,(H,22,24,27). The van der Waals surface area contributed by atoms with E-state index in [0.29, 0.717) is 17.1 Å². The lowest BCUT2D eigenvalue weighted by Gasteiger charge is -2.16. The van der Waals surface area contributed by atoms with Crippen LogP contribution in [0.5, 0.6) is 23.1 Å². The minimum atomic E-state index is -1.25. The average Bonchev–Trinajstić information content (AvgIpc) is 3.09. The van der Waals surface area contributed by atoms with Crippen molar-refractivity contribution in [1.29, 1.82) is 0 Å². The Bertz CT molecular complexity index is 1290. The maximum absolute atomic E-state index is 12.6. The number of benzene rings is 2. The molecule has 160 valence electrons. The van der Waals surface area contributed by atoms with Crippen molar-refractivity contribution in [3.8, 4) is 28.8 Å². The number of carbonyl (C=O) groups excluding carboxylic acids is 1. The zero-order valence-corrected chi connectivity index (χ0v) is 16.8. The molecule has 4 rings (SSSR count). The summed E-state index contributed by atoms with van der Waals surface area (Å²) in [7, 11) is 4.28. The summed E-state index contributed by atoms with van der Waals surface area (Å²) in [5.41, 5.74) is -1.38. The molecule has 0 saturated carbocycles. The lowest BCUT2D eigenvalue weighted by Crippen LogP contribution is -2.32. The maximum atomic E-state index is 12.6. The van der Waals surface area contributed by atoms with Gasteiger partial charge in [-0.2, -0.15) is 0 Å². The van der Waals surface area contributed by atoms with E-state index in [0.717, 1.165) is 4.57 Å². The summed E-state index contributed by atoms with van der Waals surface area (Å²) in [6, 6.07) is 9.34. The van der Waals surface area contributed by atoms with Gasteiger partial charge >= 0.3 is 11.7 Å². The number of aromatic hydroxyl groups is 1. The quantitative estimate of drug-likeness (QED) is 0.588. The van der Waals surface area contributed by atoms with Crippen LogP contribution in [0.3, 0.4) is 0 Å². The molecule has 0 spiro atoms. The first-order valence-corrected chi connectivity index (χ1v) is 9.09. The highest BCUT2D eigenvalue weighted by molar-refractivity contribution is 5.98. The first kappa shape index (κ1) is 20.1. The summed E-state index contributed by atoms with van der Waals surface area (Å²) in [6.07, 6.45) is -1.25. The van der Waals surface area contributed by atoms with E-state index in [4.69, 9.17) is 18.9 Å². The fourth-order valence-corrected chi connectivity index (χ4v) is 3.56. The molecule has 31 heavy (non-hydrogen) atoms. The molecule has 0 aliphatic carbocycles. The van der Waals surface area contributed by atoms with E-state index in [1.807, 2.05) is 0 Å². The van der Waals surface area contributed by atoms with Gasteiger partial charge in [0.1, 0.15) is 16.9 Å². The minimum Gasteiger partial charge on any atom is -0.497 e. The number of cyclic esters (lactones) is 1. The number of esters is 1. The van der Waals surface area contributed by atoms with Crippen molar-refractivity contribution >= 4 is 5.97 Å². The van der Waals surface area contributed by atoms with Gasteiger partial charge in [-0.05, 0) is 30.3 Å². The second-order valence-corrected chi connectivity index (χ2v) is 6.58. The summed E-state index contributed by atoms with van der Waals surface area (Å²) in [5, 5.41) is 10.9. The lowest BCUT2D eigenvalue weighted by atomic mass is 9.99. The fraction of sp³-hybridized carbons (Fsp3) is 0.190. The van der Waals surface area contributed by atoms with E-state index in [9.17, 15) is 19.5 Å². The van der Waals surface area contributed by atoms with E-state index < -0.39 is 29.2 Å². The van der Waals surface area contributed by atoms with Crippen molar-refractivity contribution in [2.24, 2.45) is 0 Å². The Balaban J connectivity index is 1.92. The highest BCUT2D eigenvalue weighted by Gasteiger charge is 2.40. The van der Waals surface area contributed by atoms with Gasteiger partial charge in [0.05, 0.1) is 27.0 Å². The molecule has 1 aromatic heterocycles. The Morgan fingerprint density at radius 1 is 0.968 bits per heavy atom. The van der Waals surface area contributed by atoms with E-state index in [-0.39, 0.29) is 22.6 Å². The number of nitrogens with one attached hydrogen (secondary N) is 1. The largest absolute Gasteiger partial charge is 0.497 e. The van der Waals surface area contributed by atoms with Crippen LogP contribution in [0.1, 0.15) is 27.6 Å². The number of hydrogen-bond acceptors (Lipinski definition) is 8. The zero-order chi connectivity index (χ0) is 22.3. The molecule has 10 heteroatoms. The van der Waals surface area contributed by atoms with Crippen LogP contribution in [-0.2, 0) is 4.74 Å². The van der Waals surface area contributed by atoms with E-state index in [1.165, 1.54) is 39.5 Å². The number of H-pyrrole nitrogens is 1. The van der Waals surface area contributed by atoms with Crippen molar-refractivity contribution in [2.45, 2.75) is 6.10 Å². The van der Waals surface area contributed by atoms with E-state index in [2.05, 4.69) is 4.98 Å². The number of ether oxygens (including phenoxy) is 4. The van der Waals surface area contributed by atoms with Gasteiger partial charge in [-0.15, -0.1) is 0 Å². The monoisotopic (exact) mass is 426 g/mol. The number of aromatic amines is 1. The zero-order valence-electron chi connectivity index (χ0n) is 16.8. The van der Waals surface area contributed by atoms with Crippen molar-refractivity contribution in [3.63, 3.8) is 0 Å². The third-order valence-corrected chi connectivity index (χ3v) is 5.00. The highest BCUT2D eigenvalue weighted by atomic mass is 16.6. The SMILES string of the molecule is COc1ccc(-n2c(O)c(C3OC(=O)c4c3ccc(OC)c4OC)c(=O)[nH]c2=O)cc1. The molecule has 0 amide bonds. The van der Waals surface area contributed by atoms with Crippen LogP contribution < -0.4 is 25.5 Å². The molecular formula is C21H18N2O8. The molecule has 2 N–H and O–H groups in total. The summed E-state index contributed by atoms with van der Waals surface area (Å²) in [6.45, 7) is 0. The van der Waals surface area contributed by atoms with Gasteiger partial charge in [0.2, 0.25) is 5.88 Å². The van der Waals surface area contributed by atoms with Crippen molar-refractivity contribution in [1.82, 2.24) is 9.55 Å². The predicted octanol–water partition coefficient (Wildman–Crippen LogP) is 1.52. The van der Waals surface area contributed by atoms with Crippen LogP contribution in [-0.4, -0.2) is 42.0 Å². The first-order chi connectivity index (χ1) is 14.9. The van der Waals surface area contributed by atoms with Crippen LogP contribution in [0.25, 0.3) is 5.69 Å². The van der Waals surface area contributed by atoms with Crippen molar-refractivity contribution in [3.05, 3.63) is 73.9 Å². The molecule has 2 heterocycles. The number of hydrogen-bond donors (Lipinski definition) is 2. The molecule has 0 radical (unpaired) electrons. The number of carbonyl (C=O) groups is 1. The third-order valence-electron chi connectivity index (χ3n) is 5.00. The summed E-state index contributed by atoms with van der Waals surface area (Å²) in [4.78, 5) is 39.8. The van der Waals surface area contributed by atoms with Gasteiger partial charge in [-0.3, -0.25) is 9.78 Å². The fourth-order valence-electron chi connectivity index (χ4n) is 3.56.